The summed E-state index contributed by atoms with van der Waals surface area (Å²) < 4.78 is 5.26. The van der Waals surface area contributed by atoms with Crippen LogP contribution in [0.3, 0.4) is 0 Å². The molecule has 0 saturated heterocycles. The number of hydrogen-bond donors (Lipinski definition) is 1. The minimum Gasteiger partial charge on any atom is -0.497 e. The van der Waals surface area contributed by atoms with Crippen LogP contribution in [0.2, 0.25) is 5.02 Å². The highest BCUT2D eigenvalue weighted by atomic mass is 35.5. The van der Waals surface area contributed by atoms with E-state index in [0.29, 0.717) is 21.5 Å². The first kappa shape index (κ1) is 18.5. The fourth-order valence-electron chi connectivity index (χ4n) is 2.80. The monoisotopic (exact) mass is 409 g/mol. The number of aromatic nitrogens is 3. The predicted molar refractivity (Wildman–Crippen MR) is 113 cm³/mol. The fourth-order valence-corrected chi connectivity index (χ4v) is 3.72. The summed E-state index contributed by atoms with van der Waals surface area (Å²) >= 11 is 7.36. The van der Waals surface area contributed by atoms with Gasteiger partial charge in [-0.15, -0.1) is 0 Å². The molecule has 0 radical (unpaired) electrons. The molecule has 28 heavy (non-hydrogen) atoms. The number of halogens is 1. The summed E-state index contributed by atoms with van der Waals surface area (Å²) in [5, 5.41) is 2.21. The number of hydrogen-bond acceptors (Lipinski definition) is 5. The van der Waals surface area contributed by atoms with Crippen LogP contribution >= 0.6 is 23.4 Å². The van der Waals surface area contributed by atoms with Crippen LogP contribution in [0.4, 0.5) is 0 Å². The summed E-state index contributed by atoms with van der Waals surface area (Å²) in [5.74, 6) is 1.21. The quantitative estimate of drug-likeness (QED) is 0.373. The topological polar surface area (TPSA) is 67.9 Å². The summed E-state index contributed by atoms with van der Waals surface area (Å²) in [6, 6.07) is 16.8. The van der Waals surface area contributed by atoms with E-state index in [0.717, 1.165) is 27.9 Å². The molecule has 2 aromatic carbocycles. The van der Waals surface area contributed by atoms with E-state index < -0.39 is 0 Å². The molecule has 0 fully saturated rings. The van der Waals surface area contributed by atoms with Crippen LogP contribution in [0.5, 0.6) is 5.75 Å². The normalized spacial score (nSPS) is 10.9. The van der Waals surface area contributed by atoms with Gasteiger partial charge < -0.3 is 9.72 Å². The first-order valence-corrected chi connectivity index (χ1v) is 9.90. The Morgan fingerprint density at radius 2 is 1.93 bits per heavy atom. The number of rotatable bonds is 5. The van der Waals surface area contributed by atoms with Gasteiger partial charge in [0.25, 0.3) is 5.56 Å². The number of aromatic amines is 1. The zero-order chi connectivity index (χ0) is 19.5. The zero-order valence-corrected chi connectivity index (χ0v) is 16.6. The molecular formula is C21H16ClN3O2S. The highest BCUT2D eigenvalue weighted by molar-refractivity contribution is 7.98. The second-order valence-corrected chi connectivity index (χ2v) is 7.48. The first-order chi connectivity index (χ1) is 13.6. The van der Waals surface area contributed by atoms with Crippen LogP contribution in [-0.4, -0.2) is 22.1 Å². The smallest absolute Gasteiger partial charge is 0.252 e. The molecule has 140 valence electrons. The molecule has 2 heterocycles. The highest BCUT2D eigenvalue weighted by Crippen LogP contribution is 2.25. The molecule has 5 nitrogen and oxygen atoms in total. The Hall–Kier alpha value is -2.83. The minimum atomic E-state index is -0.112. The Kier molecular flexibility index (Phi) is 5.32. The average Bonchev–Trinajstić information content (AvgIpc) is 2.72. The van der Waals surface area contributed by atoms with Crippen LogP contribution in [-0.2, 0) is 5.75 Å². The second kappa shape index (κ2) is 8.04. The van der Waals surface area contributed by atoms with Crippen LogP contribution in [0, 0.1) is 0 Å². The maximum Gasteiger partial charge on any atom is 0.252 e. The van der Waals surface area contributed by atoms with Crippen LogP contribution in [0.15, 0.2) is 70.7 Å². The maximum absolute atomic E-state index is 12.4. The molecule has 0 amide bonds. The lowest BCUT2D eigenvalue weighted by molar-refractivity contribution is 0.415. The van der Waals surface area contributed by atoms with Crippen molar-refractivity contribution in [2.45, 2.75) is 10.9 Å². The molecule has 0 aliphatic heterocycles. The summed E-state index contributed by atoms with van der Waals surface area (Å²) in [6.45, 7) is 0. The van der Waals surface area contributed by atoms with E-state index in [-0.39, 0.29) is 5.56 Å². The zero-order valence-electron chi connectivity index (χ0n) is 15.0. The highest BCUT2D eigenvalue weighted by Gasteiger charge is 2.08. The molecule has 0 aliphatic carbocycles. The van der Waals surface area contributed by atoms with Crippen molar-refractivity contribution in [3.63, 3.8) is 0 Å². The largest absolute Gasteiger partial charge is 0.497 e. The van der Waals surface area contributed by atoms with Gasteiger partial charge in [-0.2, -0.15) is 0 Å². The Morgan fingerprint density at radius 1 is 1.11 bits per heavy atom. The third-order valence-electron chi connectivity index (χ3n) is 4.26. The molecule has 1 N–H and O–H groups in total. The van der Waals surface area contributed by atoms with Gasteiger partial charge in [0.15, 0.2) is 5.16 Å². The van der Waals surface area contributed by atoms with Crippen molar-refractivity contribution in [1.82, 2.24) is 15.0 Å². The fraction of sp³-hybridized carbons (Fsp3) is 0.0952. The number of H-pyrrole nitrogens is 1. The molecule has 0 unspecified atom stereocenters. The van der Waals surface area contributed by atoms with Crippen molar-refractivity contribution in [2.24, 2.45) is 0 Å². The lowest BCUT2D eigenvalue weighted by Gasteiger charge is -2.06. The Labute approximate surface area is 170 Å². The van der Waals surface area contributed by atoms with Crippen LogP contribution < -0.4 is 10.3 Å². The third kappa shape index (κ3) is 4.03. The number of fused-ring (bicyclic) bond motifs is 1. The number of nitrogens with one attached hydrogen (secondary N) is 1. The molecule has 2 aromatic heterocycles. The van der Waals surface area contributed by atoms with E-state index >= 15 is 0 Å². The van der Waals surface area contributed by atoms with Gasteiger partial charge in [-0.05, 0) is 42.5 Å². The summed E-state index contributed by atoms with van der Waals surface area (Å²) in [5.41, 5.74) is 3.10. The van der Waals surface area contributed by atoms with Crippen molar-refractivity contribution in [3.8, 4) is 17.0 Å². The average molecular weight is 410 g/mol. The van der Waals surface area contributed by atoms with Crippen molar-refractivity contribution in [1.29, 1.82) is 0 Å². The molecule has 4 rings (SSSR count). The predicted octanol–water partition coefficient (Wildman–Crippen LogP) is 4.94. The van der Waals surface area contributed by atoms with E-state index in [1.54, 1.807) is 13.3 Å². The molecule has 0 atom stereocenters. The Morgan fingerprint density at radius 3 is 2.71 bits per heavy atom. The van der Waals surface area contributed by atoms with Gasteiger partial charge in [0, 0.05) is 39.0 Å². The second-order valence-electron chi connectivity index (χ2n) is 6.10. The first-order valence-electron chi connectivity index (χ1n) is 8.54. The summed E-state index contributed by atoms with van der Waals surface area (Å²) in [6.07, 6.45) is 1.72. The molecule has 0 aliphatic rings. The van der Waals surface area contributed by atoms with Crippen molar-refractivity contribution < 1.29 is 4.74 Å². The van der Waals surface area contributed by atoms with E-state index in [4.69, 9.17) is 16.3 Å². The molecule has 0 saturated carbocycles. The van der Waals surface area contributed by atoms with E-state index in [9.17, 15) is 4.79 Å². The molecule has 0 spiro atoms. The van der Waals surface area contributed by atoms with E-state index in [1.165, 1.54) is 11.8 Å². The Balaban J connectivity index is 1.57. The minimum absolute atomic E-state index is 0.112. The van der Waals surface area contributed by atoms with Gasteiger partial charge in [-0.25, -0.2) is 9.97 Å². The number of pyridine rings is 1. The number of ether oxygens (including phenoxy) is 1. The van der Waals surface area contributed by atoms with Crippen molar-refractivity contribution >= 4 is 34.3 Å². The van der Waals surface area contributed by atoms with Gasteiger partial charge >= 0.3 is 0 Å². The Bertz CT molecular complexity index is 1190. The summed E-state index contributed by atoms with van der Waals surface area (Å²) in [7, 11) is 1.62. The number of thioether (sulfide) groups is 1. The molecule has 7 heteroatoms. The van der Waals surface area contributed by atoms with Crippen LogP contribution in [0.25, 0.3) is 22.2 Å². The van der Waals surface area contributed by atoms with Gasteiger partial charge in [0.1, 0.15) is 5.75 Å². The lowest BCUT2D eigenvalue weighted by Crippen LogP contribution is -2.11. The van der Waals surface area contributed by atoms with Gasteiger partial charge in [-0.3, -0.25) is 4.79 Å². The number of benzene rings is 2. The molecule has 0 bridgehead atoms. The standard InChI is InChI=1S/C21H16ClN3O2S/c1-27-17-6-7-18-14(11-17)10-15(20(26)24-18)12-28-21-23-9-8-19(25-21)13-2-4-16(22)5-3-13/h2-11H,12H2,1H3,(H,24,26). The molecule has 4 aromatic rings. The van der Waals surface area contributed by atoms with Crippen molar-refractivity contribution in [3.05, 3.63) is 81.7 Å². The van der Waals surface area contributed by atoms with E-state index in [2.05, 4.69) is 15.0 Å². The molecular weight excluding hydrogens is 394 g/mol. The van der Waals surface area contributed by atoms with E-state index in [1.807, 2.05) is 54.6 Å². The maximum atomic E-state index is 12.4. The lowest BCUT2D eigenvalue weighted by atomic mass is 10.1. The third-order valence-corrected chi connectivity index (χ3v) is 5.42. The SMILES string of the molecule is COc1ccc2[nH]c(=O)c(CSc3nccc(-c4ccc(Cl)cc4)n3)cc2c1. The summed E-state index contributed by atoms with van der Waals surface area (Å²) in [4.78, 5) is 24.2. The van der Waals surface area contributed by atoms with Gasteiger partial charge in [0.05, 0.1) is 12.8 Å². The van der Waals surface area contributed by atoms with Crippen molar-refractivity contribution in [2.75, 3.05) is 7.11 Å². The number of nitrogens with zero attached hydrogens (tertiary/aromatic N) is 2. The number of methoxy groups -OCH3 is 1. The van der Waals surface area contributed by atoms with Gasteiger partial charge in [-0.1, -0.05) is 35.5 Å². The van der Waals surface area contributed by atoms with Gasteiger partial charge in [0.2, 0.25) is 0 Å². The van der Waals surface area contributed by atoms with Crippen LogP contribution in [0.1, 0.15) is 5.56 Å².